The Balaban J connectivity index is 0.000000109. The Morgan fingerprint density at radius 2 is 0.397 bits per heavy atom. The molecule has 6 heterocycles. The van der Waals surface area contributed by atoms with E-state index in [1.165, 1.54) is 76.0 Å². The van der Waals surface area contributed by atoms with Crippen molar-refractivity contribution in [3.63, 3.8) is 0 Å². The molecule has 0 N–H and O–H groups in total. The summed E-state index contributed by atoms with van der Waals surface area (Å²) in [7, 11) is 0. The average Bonchev–Trinajstić information content (AvgIpc) is 1.60. The molecule has 0 atom stereocenters. The molecule has 0 radical (unpaired) electrons. The van der Waals surface area contributed by atoms with Crippen molar-refractivity contribution < 1.29 is 0 Å². The van der Waals surface area contributed by atoms with Gasteiger partial charge >= 0.3 is 0 Å². The molecule has 0 bridgehead atoms. The van der Waals surface area contributed by atoms with Gasteiger partial charge in [-0.1, -0.05) is 406 Å². The van der Waals surface area contributed by atoms with E-state index >= 15 is 0 Å². The smallest absolute Gasteiger partial charge is 0.166 e. The Labute approximate surface area is 811 Å². The molecule has 0 spiro atoms. The van der Waals surface area contributed by atoms with Crippen LogP contribution in [0.2, 0.25) is 0 Å². The maximum atomic E-state index is 5.21. The molecule has 0 unspecified atom stereocenters. The zero-order valence-corrected chi connectivity index (χ0v) is 76.2. The van der Waals surface area contributed by atoms with Crippen LogP contribution in [0.1, 0.15) is 0 Å². The Bertz CT molecular complexity index is 9670. The van der Waals surface area contributed by atoms with Crippen LogP contribution in [0.3, 0.4) is 0 Å². The molecule has 0 saturated carbocycles. The molecular formula is C129H82N12. The van der Waals surface area contributed by atoms with Gasteiger partial charge in [-0.05, 0) is 151 Å². The summed E-state index contributed by atoms with van der Waals surface area (Å²) in [5.74, 6) is 5.80. The van der Waals surface area contributed by atoms with Gasteiger partial charge in [-0.3, -0.25) is 0 Å². The highest BCUT2D eigenvalue weighted by molar-refractivity contribution is 6.15. The molecule has 0 aliphatic heterocycles. The minimum absolute atomic E-state index is 0.631. The van der Waals surface area contributed by atoms with Gasteiger partial charge in [0.15, 0.2) is 52.4 Å². The van der Waals surface area contributed by atoms with E-state index in [4.69, 9.17) is 44.9 Å². The van der Waals surface area contributed by atoms with Crippen molar-refractivity contribution in [2.24, 2.45) is 0 Å². The van der Waals surface area contributed by atoms with Gasteiger partial charge in [0.25, 0.3) is 0 Å². The first kappa shape index (κ1) is 82.5. The molecule has 141 heavy (non-hydrogen) atoms. The lowest BCUT2D eigenvalue weighted by molar-refractivity contribution is 1.07. The van der Waals surface area contributed by atoms with Gasteiger partial charge < -0.3 is 13.7 Å². The van der Waals surface area contributed by atoms with Gasteiger partial charge in [0.05, 0.1) is 50.2 Å². The molecule has 0 amide bonds. The SMILES string of the molecule is c1ccc(-c2ccc3c(c2)c2ccccc2n3-c2cc(-c3nc(-c4ccccc4)nc(-c4ccc5ccccc5c4)n3)cc3ccccc23)cc1.c1ccc(-c2nc(-c3ccc4ccccc4c3)nc(-c3ccc4c(-n5c6ccccc6c6ccccc65)cccc4c3)n2)cc1.c1ccc(-c2nc(-c3ccc4ccccc4c3)nc(-c3ccc4ccccc4c3-n3c4ccccc4c4ccccc43)n2)cc1. The monoisotopic (exact) mass is 1800 g/mol. The van der Waals surface area contributed by atoms with Crippen molar-refractivity contribution in [2.75, 3.05) is 0 Å². The maximum Gasteiger partial charge on any atom is 0.166 e. The van der Waals surface area contributed by atoms with Crippen molar-refractivity contribution in [2.45, 2.75) is 0 Å². The normalized spacial score (nSPS) is 11.5. The molecule has 658 valence electrons. The summed E-state index contributed by atoms with van der Waals surface area (Å²) < 4.78 is 7.15. The van der Waals surface area contributed by atoms with Crippen molar-refractivity contribution in [1.29, 1.82) is 0 Å². The van der Waals surface area contributed by atoms with Crippen LogP contribution in [-0.2, 0) is 0 Å². The fourth-order valence-electron chi connectivity index (χ4n) is 20.3. The van der Waals surface area contributed by atoms with Gasteiger partial charge in [0.2, 0.25) is 0 Å². The predicted molar refractivity (Wildman–Crippen MR) is 582 cm³/mol. The van der Waals surface area contributed by atoms with Gasteiger partial charge in [-0.25, -0.2) is 44.9 Å². The Kier molecular flexibility index (Phi) is 20.6. The van der Waals surface area contributed by atoms with E-state index in [1.807, 2.05) is 66.7 Å². The average molecular weight is 1800 g/mol. The van der Waals surface area contributed by atoms with E-state index < -0.39 is 0 Å². The molecule has 12 heteroatoms. The number of aromatic nitrogens is 12. The lowest BCUT2D eigenvalue weighted by Gasteiger charge is -2.17. The van der Waals surface area contributed by atoms with Crippen LogP contribution in [0.5, 0.6) is 0 Å². The molecule has 0 fully saturated rings. The van der Waals surface area contributed by atoms with Crippen molar-refractivity contribution in [1.82, 2.24) is 58.6 Å². The minimum atomic E-state index is 0.631. The predicted octanol–water partition coefficient (Wildman–Crippen LogP) is 32.5. The van der Waals surface area contributed by atoms with Crippen molar-refractivity contribution in [3.05, 3.63) is 497 Å². The standard InChI is InChI=1S/C47H30N4.2C41H26N4/c1-3-13-31(14-4-1)35-25-26-43-41(29-35)40-21-11-12-22-42(40)51(43)44-30-38(28-36-19-9-10-20-39(36)44)47-49-45(33-16-5-2-6-17-33)48-46(50-47)37-24-23-32-15-7-8-18-34(32)27-37;1-2-12-28(13-3-1)39-42-40(31-22-21-27-11-4-5-14-29(27)25-31)44-41(43-39)32-23-24-33-30(26-32)15-10-20-36(33)45-37-18-8-6-16-34(37)35-17-7-9-19-38(35)45;1-2-14-29(15-3-1)39-42-40(31-23-22-27-12-4-5-16-30(27)26-31)44-41(43-39)35-25-24-28-13-6-7-17-32(28)38(35)45-36-20-10-8-18-33(36)34-19-9-11-21-37(34)45/h1-30H;2*1-26H. The second-order valence-electron chi connectivity index (χ2n) is 35.5. The number of hydrogen-bond acceptors (Lipinski definition) is 9. The second-order valence-corrected chi connectivity index (χ2v) is 35.5. The van der Waals surface area contributed by atoms with E-state index in [0.717, 1.165) is 132 Å². The van der Waals surface area contributed by atoms with Crippen LogP contribution < -0.4 is 0 Å². The first-order valence-electron chi connectivity index (χ1n) is 47.5. The summed E-state index contributed by atoms with van der Waals surface area (Å²) in [5.41, 5.74) is 21.2. The highest BCUT2D eigenvalue weighted by Crippen LogP contribution is 2.45. The summed E-state index contributed by atoms with van der Waals surface area (Å²) in [6.07, 6.45) is 0. The number of para-hydroxylation sites is 5. The number of rotatable bonds is 13. The van der Waals surface area contributed by atoms with Crippen LogP contribution in [0.15, 0.2) is 497 Å². The molecule has 0 aliphatic rings. The summed E-state index contributed by atoms with van der Waals surface area (Å²) in [6, 6.07) is 174. The van der Waals surface area contributed by atoms with Crippen LogP contribution in [-0.4, -0.2) is 58.6 Å². The van der Waals surface area contributed by atoms with E-state index in [9.17, 15) is 0 Å². The second kappa shape index (κ2) is 35.3. The zero-order chi connectivity index (χ0) is 93.2. The summed E-state index contributed by atoms with van der Waals surface area (Å²) >= 11 is 0. The van der Waals surface area contributed by atoms with Crippen molar-refractivity contribution in [3.8, 4) is 131 Å². The number of hydrogen-bond donors (Lipinski definition) is 0. The third kappa shape index (κ3) is 15.2. The van der Waals surface area contributed by atoms with Crippen LogP contribution >= 0.6 is 0 Å². The van der Waals surface area contributed by atoms with Gasteiger partial charge in [-0.2, -0.15) is 0 Å². The molecule has 0 aliphatic carbocycles. The van der Waals surface area contributed by atoms with Crippen LogP contribution in [0.4, 0.5) is 0 Å². The maximum absolute atomic E-state index is 5.21. The van der Waals surface area contributed by atoms with E-state index in [0.29, 0.717) is 52.4 Å². The first-order chi connectivity index (χ1) is 69.9. The highest BCUT2D eigenvalue weighted by atomic mass is 15.1. The number of nitrogens with zero attached hydrogens (tertiary/aromatic N) is 12. The number of fused-ring (bicyclic) bond motifs is 15. The molecule has 22 aromatic carbocycles. The molecule has 28 rings (SSSR count). The quantitative estimate of drug-likeness (QED) is 0.111. The van der Waals surface area contributed by atoms with E-state index in [1.54, 1.807) is 0 Å². The summed E-state index contributed by atoms with van der Waals surface area (Å²) in [5, 5.41) is 21.2. The Hall–Kier alpha value is -19.2. The van der Waals surface area contributed by atoms with E-state index in [2.05, 4.69) is 444 Å². The van der Waals surface area contributed by atoms with E-state index in [-0.39, 0.29) is 0 Å². The zero-order valence-electron chi connectivity index (χ0n) is 76.2. The summed E-state index contributed by atoms with van der Waals surface area (Å²) in [6.45, 7) is 0. The highest BCUT2D eigenvalue weighted by Gasteiger charge is 2.26. The molecule has 28 aromatic rings. The molecular weight excluding hydrogens is 1720 g/mol. The van der Waals surface area contributed by atoms with Crippen molar-refractivity contribution >= 4 is 130 Å². The molecule has 0 saturated heterocycles. The van der Waals surface area contributed by atoms with Gasteiger partial charge in [-0.15, -0.1) is 0 Å². The Morgan fingerprint density at radius 3 is 0.837 bits per heavy atom. The van der Waals surface area contributed by atoms with Gasteiger partial charge in [0.1, 0.15) is 0 Å². The topological polar surface area (TPSA) is 131 Å². The lowest BCUT2D eigenvalue weighted by atomic mass is 10.0. The fraction of sp³-hybridized carbons (Fsp3) is 0. The van der Waals surface area contributed by atoms with Crippen LogP contribution in [0, 0.1) is 0 Å². The largest absolute Gasteiger partial charge is 0.309 e. The first-order valence-corrected chi connectivity index (χ1v) is 47.5. The fourth-order valence-corrected chi connectivity index (χ4v) is 20.3. The van der Waals surface area contributed by atoms with Crippen LogP contribution in [0.25, 0.3) is 261 Å². The van der Waals surface area contributed by atoms with Gasteiger partial charge in [0, 0.05) is 98.5 Å². The minimum Gasteiger partial charge on any atom is -0.309 e. The lowest BCUT2D eigenvalue weighted by Crippen LogP contribution is -2.04. The Morgan fingerprint density at radius 1 is 0.121 bits per heavy atom. The summed E-state index contributed by atoms with van der Waals surface area (Å²) in [4.78, 5) is 45.7. The third-order valence-corrected chi connectivity index (χ3v) is 27.0. The molecule has 12 nitrogen and oxygen atoms in total. The molecule has 6 aromatic heterocycles. The number of benzene rings is 22. The third-order valence-electron chi connectivity index (χ3n) is 27.0.